The van der Waals surface area contributed by atoms with Crippen molar-refractivity contribution in [3.05, 3.63) is 42.1 Å². The molecule has 27 heavy (non-hydrogen) atoms. The summed E-state index contributed by atoms with van der Waals surface area (Å²) in [7, 11) is 0. The predicted octanol–water partition coefficient (Wildman–Crippen LogP) is 6.79. The monoisotopic (exact) mass is 378 g/mol. The van der Waals surface area contributed by atoms with Crippen LogP contribution in [-0.2, 0) is 0 Å². The third-order valence-corrected chi connectivity index (χ3v) is 9.89. The lowest BCUT2D eigenvalue weighted by Crippen LogP contribution is -2.49. The molecule has 0 saturated heterocycles. The third-order valence-electron chi connectivity index (χ3n) is 5.49. The molecule has 1 aromatic carbocycles. The molecule has 1 aliphatic heterocycles. The first-order valence-corrected chi connectivity index (χ1v) is 12.9. The maximum Gasteiger partial charge on any atom is 0.415 e. The molecule has 1 atom stereocenters. The van der Waals surface area contributed by atoms with E-state index in [9.17, 15) is 0 Å². The molecule has 1 unspecified atom stereocenters. The summed E-state index contributed by atoms with van der Waals surface area (Å²) in [6.45, 7) is 14.3. The maximum atomic E-state index is 4.85. The second kappa shape index (κ2) is 8.80. The minimum atomic E-state index is -1.15. The molecule has 0 aliphatic carbocycles. The van der Waals surface area contributed by atoms with Crippen LogP contribution in [-0.4, -0.2) is 25.4 Å². The first kappa shape index (κ1) is 20.4. The smallest absolute Gasteiger partial charge is 0.415 e. The number of rotatable bonds is 7. The highest BCUT2D eigenvalue weighted by molar-refractivity contribution is 6.64. The molecule has 2 aromatic rings. The molecule has 2 nitrogen and oxygen atoms in total. The maximum absolute atomic E-state index is 4.85. The average Bonchev–Trinajstić information content (AvgIpc) is 2.59. The molecule has 0 N–H and O–H groups in total. The first-order valence-electron chi connectivity index (χ1n) is 10.7. The van der Waals surface area contributed by atoms with Crippen molar-refractivity contribution in [3.63, 3.8) is 0 Å². The summed E-state index contributed by atoms with van der Waals surface area (Å²) < 4.78 is 2.88. The number of pyridine rings is 1. The molecule has 0 saturated carbocycles. The Bertz CT molecular complexity index is 784. The Morgan fingerprint density at radius 2 is 1.67 bits per heavy atom. The highest BCUT2D eigenvalue weighted by Gasteiger charge is 2.36. The van der Waals surface area contributed by atoms with Crippen LogP contribution in [0.15, 0.2) is 36.5 Å². The van der Waals surface area contributed by atoms with Gasteiger partial charge in [0.25, 0.3) is 0 Å². The van der Waals surface area contributed by atoms with Crippen molar-refractivity contribution in [1.82, 2.24) is 4.98 Å². The van der Waals surface area contributed by atoms with Crippen molar-refractivity contribution in [1.29, 1.82) is 0 Å². The zero-order valence-electron chi connectivity index (χ0n) is 17.9. The van der Waals surface area contributed by atoms with Gasteiger partial charge in [0.15, 0.2) is 0 Å². The summed E-state index contributed by atoms with van der Waals surface area (Å²) in [5.41, 5.74) is 3.96. The Kier molecular flexibility index (Phi) is 6.66. The highest BCUT2D eigenvalue weighted by Crippen LogP contribution is 2.39. The van der Waals surface area contributed by atoms with E-state index in [2.05, 4.69) is 81.8 Å². The molecule has 3 rings (SSSR count). The van der Waals surface area contributed by atoms with E-state index >= 15 is 0 Å². The van der Waals surface area contributed by atoms with Gasteiger partial charge in [-0.15, -0.1) is 0 Å². The summed E-state index contributed by atoms with van der Waals surface area (Å²) in [6, 6.07) is 9.30. The largest absolute Gasteiger partial charge is 0.455 e. The molecule has 0 amide bonds. The zero-order valence-corrected chi connectivity index (χ0v) is 19.1. The number of hydrogen-bond acceptors (Lipinski definition) is 2. The molecule has 0 spiro atoms. The van der Waals surface area contributed by atoms with E-state index in [4.69, 9.17) is 4.98 Å². The number of fused-ring (bicyclic) bond motifs is 3. The van der Waals surface area contributed by atoms with Gasteiger partial charge in [0.2, 0.25) is 0 Å². The minimum Gasteiger partial charge on any atom is -0.455 e. The van der Waals surface area contributed by atoms with Crippen LogP contribution in [0.2, 0.25) is 10.6 Å². The molecule has 0 bridgehead atoms. The molecule has 1 aromatic heterocycles. The Balaban J connectivity index is 2.16. The van der Waals surface area contributed by atoms with E-state index in [1.54, 1.807) is 0 Å². The summed E-state index contributed by atoms with van der Waals surface area (Å²) >= 11 is -1.15. The van der Waals surface area contributed by atoms with Gasteiger partial charge < -0.3 is 3.88 Å². The Labute approximate surface area is 170 Å². The van der Waals surface area contributed by atoms with Crippen LogP contribution >= 0.6 is 0 Å². The van der Waals surface area contributed by atoms with Crippen molar-refractivity contribution in [2.24, 2.45) is 17.8 Å². The fraction of sp³-hybridized carbons (Fsp3) is 0.542. The van der Waals surface area contributed by atoms with E-state index in [1.807, 2.05) is 6.20 Å². The van der Waals surface area contributed by atoms with Crippen molar-refractivity contribution in [3.8, 4) is 0 Å². The zero-order chi connectivity index (χ0) is 19.6. The Morgan fingerprint density at radius 3 is 2.30 bits per heavy atom. The average molecular weight is 379 g/mol. The number of hydrogen-bond donors (Lipinski definition) is 0. The van der Waals surface area contributed by atoms with Gasteiger partial charge >= 0.3 is 14.4 Å². The van der Waals surface area contributed by atoms with Crippen molar-refractivity contribution >= 4 is 37.0 Å². The fourth-order valence-corrected chi connectivity index (χ4v) is 8.79. The van der Waals surface area contributed by atoms with Crippen molar-refractivity contribution < 1.29 is 0 Å². The lowest BCUT2D eigenvalue weighted by molar-refractivity contribution is 0.541. The van der Waals surface area contributed by atoms with Crippen LogP contribution in [0.5, 0.6) is 0 Å². The number of nitrogens with zero attached hydrogens (tertiary/aromatic N) is 2. The van der Waals surface area contributed by atoms with Gasteiger partial charge in [0.1, 0.15) is 0 Å². The molecular weight excluding hydrogens is 343 g/mol. The highest BCUT2D eigenvalue weighted by atomic mass is 27.2. The molecule has 144 valence electrons. The summed E-state index contributed by atoms with van der Waals surface area (Å²) in [5, 5.41) is 3.99. The lowest BCUT2D eigenvalue weighted by atomic mass is 9.97. The molecule has 2 heterocycles. The van der Waals surface area contributed by atoms with Gasteiger partial charge in [-0.3, -0.25) is 4.98 Å². The molecule has 0 radical (unpaired) electrons. The van der Waals surface area contributed by atoms with E-state index in [-0.39, 0.29) is 0 Å². The van der Waals surface area contributed by atoms with Gasteiger partial charge in [0, 0.05) is 23.3 Å². The van der Waals surface area contributed by atoms with Gasteiger partial charge in [-0.05, 0) is 24.0 Å². The topological polar surface area (TPSA) is 16.1 Å². The van der Waals surface area contributed by atoms with Gasteiger partial charge in [-0.25, -0.2) is 0 Å². The minimum absolute atomic E-state index is 0.513. The van der Waals surface area contributed by atoms with Crippen LogP contribution in [0.4, 0.5) is 5.69 Å². The Morgan fingerprint density at radius 1 is 0.963 bits per heavy atom. The molecule has 3 heteroatoms. The van der Waals surface area contributed by atoms with Crippen LogP contribution < -0.4 is 3.88 Å². The number of aromatic nitrogens is 1. The summed E-state index contributed by atoms with van der Waals surface area (Å²) in [4.78, 5) is 4.85. The Hall–Kier alpha value is -1.30. The second-order valence-electron chi connectivity index (χ2n) is 9.45. The molecular formula is C24H35AlN2. The quantitative estimate of drug-likeness (QED) is 0.493. The van der Waals surface area contributed by atoms with E-state index in [0.717, 1.165) is 11.8 Å². The predicted molar refractivity (Wildman–Crippen MR) is 122 cm³/mol. The lowest BCUT2D eigenvalue weighted by Gasteiger charge is -2.43. The van der Waals surface area contributed by atoms with E-state index in [0.29, 0.717) is 12.0 Å². The van der Waals surface area contributed by atoms with Gasteiger partial charge in [-0.1, -0.05) is 94.3 Å². The second-order valence-corrected chi connectivity index (χ2v) is 12.3. The normalized spacial score (nSPS) is 16.6. The van der Waals surface area contributed by atoms with Crippen LogP contribution in [0.25, 0.3) is 17.0 Å². The summed E-state index contributed by atoms with van der Waals surface area (Å²) in [6.07, 6.45) is 8.00. The SMILES string of the molecule is CC(C)CC1C=Cc2ccc3cccnc3c2[N]1[Al]([CH2]C(C)C)[CH2]C(C)C. The van der Waals surface area contributed by atoms with Crippen molar-refractivity contribution in [2.45, 2.75) is 64.6 Å². The van der Waals surface area contributed by atoms with Crippen LogP contribution in [0.3, 0.4) is 0 Å². The van der Waals surface area contributed by atoms with E-state index < -0.39 is 14.4 Å². The van der Waals surface area contributed by atoms with Crippen LogP contribution in [0.1, 0.15) is 53.5 Å². The van der Waals surface area contributed by atoms with Crippen LogP contribution in [0, 0.1) is 17.8 Å². The number of benzene rings is 1. The van der Waals surface area contributed by atoms with E-state index in [1.165, 1.54) is 39.1 Å². The number of anilines is 1. The summed E-state index contributed by atoms with van der Waals surface area (Å²) in [5.74, 6) is 2.19. The molecule has 0 fully saturated rings. The van der Waals surface area contributed by atoms with Crippen molar-refractivity contribution in [2.75, 3.05) is 3.88 Å². The fourth-order valence-electron chi connectivity index (χ4n) is 4.56. The first-order chi connectivity index (χ1) is 12.9. The third kappa shape index (κ3) is 4.76. The van der Waals surface area contributed by atoms with Gasteiger partial charge in [0.05, 0.1) is 5.52 Å². The standard InChI is InChI=1S/C16H17N2.2C4H9.Al/c1-11(2)10-14-8-7-13-6-5-12-4-3-9-17-15(12)16(13)18-14;2*1-4(2)3;/h3-9,11,14H,10H2,1-2H3;2*4H,1H2,2-3H3;/q-1;;;+1. The van der Waals surface area contributed by atoms with Gasteiger partial charge in [-0.2, -0.15) is 0 Å². The molecule has 1 aliphatic rings.